The van der Waals surface area contributed by atoms with Gasteiger partial charge in [0.2, 0.25) is 0 Å². The van der Waals surface area contributed by atoms with E-state index in [9.17, 15) is 0 Å². The summed E-state index contributed by atoms with van der Waals surface area (Å²) in [4.78, 5) is 0. The number of benzene rings is 3. The molecule has 0 aliphatic carbocycles. The van der Waals surface area contributed by atoms with Gasteiger partial charge in [0.15, 0.2) is 0 Å². The molecular weight excluding hydrogens is 314 g/mol. The zero-order valence-corrected chi connectivity index (χ0v) is 12.4. The van der Waals surface area contributed by atoms with Gasteiger partial charge in [0, 0.05) is 4.47 Å². The van der Waals surface area contributed by atoms with Crippen molar-refractivity contribution in [2.24, 2.45) is 0 Å². The van der Waals surface area contributed by atoms with Crippen molar-refractivity contribution in [2.75, 3.05) is 5.73 Å². The van der Waals surface area contributed by atoms with Crippen LogP contribution in [0.1, 0.15) is 5.56 Å². The SMILES string of the molecule is Nc1cc(Br)ccc1OCc1cccc2ccccc12. The Morgan fingerprint density at radius 1 is 0.950 bits per heavy atom. The van der Waals surface area contributed by atoms with Gasteiger partial charge in [-0.1, -0.05) is 58.4 Å². The average molecular weight is 328 g/mol. The lowest BCUT2D eigenvalue weighted by Gasteiger charge is -2.11. The first-order valence-corrected chi connectivity index (χ1v) is 7.18. The highest BCUT2D eigenvalue weighted by molar-refractivity contribution is 9.10. The quantitative estimate of drug-likeness (QED) is 0.703. The molecule has 0 heterocycles. The number of anilines is 1. The van der Waals surface area contributed by atoms with Gasteiger partial charge in [-0.05, 0) is 34.5 Å². The molecule has 0 fully saturated rings. The second-order valence-electron chi connectivity index (χ2n) is 4.61. The Morgan fingerprint density at radius 2 is 1.75 bits per heavy atom. The summed E-state index contributed by atoms with van der Waals surface area (Å²) >= 11 is 3.39. The largest absolute Gasteiger partial charge is 0.487 e. The lowest BCUT2D eigenvalue weighted by atomic mass is 10.1. The van der Waals surface area contributed by atoms with E-state index in [1.165, 1.54) is 10.8 Å². The highest BCUT2D eigenvalue weighted by atomic mass is 79.9. The Labute approximate surface area is 126 Å². The first kappa shape index (κ1) is 13.0. The van der Waals surface area contributed by atoms with Gasteiger partial charge in [-0.2, -0.15) is 0 Å². The van der Waals surface area contributed by atoms with Gasteiger partial charge in [0.25, 0.3) is 0 Å². The van der Waals surface area contributed by atoms with E-state index < -0.39 is 0 Å². The summed E-state index contributed by atoms with van der Waals surface area (Å²) in [7, 11) is 0. The zero-order chi connectivity index (χ0) is 13.9. The number of nitrogens with two attached hydrogens (primary N) is 1. The van der Waals surface area contributed by atoms with E-state index in [0.717, 1.165) is 10.0 Å². The fourth-order valence-electron chi connectivity index (χ4n) is 2.22. The van der Waals surface area contributed by atoms with E-state index in [1.54, 1.807) is 0 Å². The standard InChI is InChI=1S/C17H14BrNO/c18-14-8-9-17(16(19)10-14)20-11-13-6-3-5-12-4-1-2-7-15(12)13/h1-10H,11,19H2. The van der Waals surface area contributed by atoms with Gasteiger partial charge in [-0.25, -0.2) is 0 Å². The van der Waals surface area contributed by atoms with E-state index in [2.05, 4.69) is 40.2 Å². The van der Waals surface area contributed by atoms with Crippen molar-refractivity contribution in [3.8, 4) is 5.75 Å². The van der Waals surface area contributed by atoms with Crippen LogP contribution in [0, 0.1) is 0 Å². The Kier molecular flexibility index (Phi) is 3.61. The summed E-state index contributed by atoms with van der Waals surface area (Å²) in [6.45, 7) is 0.507. The first-order valence-electron chi connectivity index (χ1n) is 6.38. The second-order valence-corrected chi connectivity index (χ2v) is 5.52. The maximum Gasteiger partial charge on any atom is 0.142 e. The van der Waals surface area contributed by atoms with E-state index in [0.29, 0.717) is 18.0 Å². The number of rotatable bonds is 3. The third-order valence-electron chi connectivity index (χ3n) is 3.23. The van der Waals surface area contributed by atoms with Crippen LogP contribution in [0.5, 0.6) is 5.75 Å². The van der Waals surface area contributed by atoms with Crippen molar-refractivity contribution in [3.63, 3.8) is 0 Å². The van der Waals surface area contributed by atoms with Crippen LogP contribution < -0.4 is 10.5 Å². The number of ether oxygens (including phenoxy) is 1. The molecule has 3 heteroatoms. The van der Waals surface area contributed by atoms with E-state index >= 15 is 0 Å². The molecule has 3 aromatic rings. The third-order valence-corrected chi connectivity index (χ3v) is 3.73. The molecule has 0 unspecified atom stereocenters. The van der Waals surface area contributed by atoms with Gasteiger partial charge in [-0.3, -0.25) is 0 Å². The molecule has 0 amide bonds. The highest BCUT2D eigenvalue weighted by Crippen LogP contribution is 2.27. The Morgan fingerprint density at radius 3 is 2.60 bits per heavy atom. The van der Waals surface area contributed by atoms with Crippen molar-refractivity contribution in [2.45, 2.75) is 6.61 Å². The maximum absolute atomic E-state index is 5.94. The molecule has 0 atom stereocenters. The van der Waals surface area contributed by atoms with Gasteiger partial charge in [-0.15, -0.1) is 0 Å². The van der Waals surface area contributed by atoms with Crippen LogP contribution in [-0.2, 0) is 6.61 Å². The Hall–Kier alpha value is -2.00. The Balaban J connectivity index is 1.87. The molecule has 3 rings (SSSR count). The molecular formula is C17H14BrNO. The summed E-state index contributed by atoms with van der Waals surface area (Å²) < 4.78 is 6.79. The molecule has 0 bridgehead atoms. The van der Waals surface area contributed by atoms with Gasteiger partial charge < -0.3 is 10.5 Å². The minimum atomic E-state index is 0.507. The number of hydrogen-bond acceptors (Lipinski definition) is 2. The van der Waals surface area contributed by atoms with Crippen LogP contribution in [0.15, 0.2) is 65.1 Å². The van der Waals surface area contributed by atoms with E-state index in [4.69, 9.17) is 10.5 Å². The van der Waals surface area contributed by atoms with Gasteiger partial charge in [0.1, 0.15) is 12.4 Å². The second kappa shape index (κ2) is 5.55. The minimum Gasteiger partial charge on any atom is -0.487 e. The highest BCUT2D eigenvalue weighted by Gasteiger charge is 2.04. The van der Waals surface area contributed by atoms with Gasteiger partial charge >= 0.3 is 0 Å². The molecule has 0 aromatic heterocycles. The van der Waals surface area contributed by atoms with Crippen molar-refractivity contribution in [1.82, 2.24) is 0 Å². The molecule has 0 aliphatic rings. The van der Waals surface area contributed by atoms with Crippen molar-refractivity contribution in [1.29, 1.82) is 0 Å². The number of nitrogen functional groups attached to an aromatic ring is 1. The maximum atomic E-state index is 5.94. The third kappa shape index (κ3) is 2.63. The van der Waals surface area contributed by atoms with Crippen LogP contribution in [-0.4, -0.2) is 0 Å². The normalized spacial score (nSPS) is 10.7. The molecule has 0 radical (unpaired) electrons. The molecule has 0 saturated carbocycles. The van der Waals surface area contributed by atoms with E-state index in [-0.39, 0.29) is 0 Å². The predicted octanol–water partition coefficient (Wildman–Crippen LogP) is 4.76. The topological polar surface area (TPSA) is 35.2 Å². The van der Waals surface area contributed by atoms with Crippen molar-refractivity contribution >= 4 is 32.4 Å². The summed E-state index contributed by atoms with van der Waals surface area (Å²) in [5.74, 6) is 0.709. The molecule has 100 valence electrons. The van der Waals surface area contributed by atoms with Crippen LogP contribution >= 0.6 is 15.9 Å². The minimum absolute atomic E-state index is 0.507. The first-order chi connectivity index (χ1) is 9.74. The zero-order valence-electron chi connectivity index (χ0n) is 10.8. The summed E-state index contributed by atoms with van der Waals surface area (Å²) in [6, 6.07) is 20.2. The molecule has 2 nitrogen and oxygen atoms in total. The molecule has 0 aliphatic heterocycles. The lowest BCUT2D eigenvalue weighted by molar-refractivity contribution is 0.309. The predicted molar refractivity (Wildman–Crippen MR) is 86.8 cm³/mol. The monoisotopic (exact) mass is 327 g/mol. The summed E-state index contributed by atoms with van der Waals surface area (Å²) in [5.41, 5.74) is 7.74. The van der Waals surface area contributed by atoms with Crippen molar-refractivity contribution in [3.05, 3.63) is 70.7 Å². The number of hydrogen-bond donors (Lipinski definition) is 1. The fourth-order valence-corrected chi connectivity index (χ4v) is 2.60. The molecule has 0 spiro atoms. The number of halogens is 1. The smallest absolute Gasteiger partial charge is 0.142 e. The molecule has 20 heavy (non-hydrogen) atoms. The van der Waals surface area contributed by atoms with Crippen LogP contribution in [0.25, 0.3) is 10.8 Å². The van der Waals surface area contributed by atoms with Gasteiger partial charge in [0.05, 0.1) is 5.69 Å². The summed E-state index contributed by atoms with van der Waals surface area (Å²) in [5, 5.41) is 2.43. The Bertz CT molecular complexity index is 750. The molecule has 2 N–H and O–H groups in total. The van der Waals surface area contributed by atoms with Crippen LogP contribution in [0.4, 0.5) is 5.69 Å². The average Bonchev–Trinajstić information content (AvgIpc) is 2.46. The fraction of sp³-hybridized carbons (Fsp3) is 0.0588. The van der Waals surface area contributed by atoms with Crippen LogP contribution in [0.2, 0.25) is 0 Å². The van der Waals surface area contributed by atoms with Crippen LogP contribution in [0.3, 0.4) is 0 Å². The summed E-state index contributed by atoms with van der Waals surface area (Å²) in [6.07, 6.45) is 0. The van der Waals surface area contributed by atoms with E-state index in [1.807, 2.05) is 36.4 Å². The molecule has 0 saturated heterocycles. The lowest BCUT2D eigenvalue weighted by Crippen LogP contribution is -1.99. The van der Waals surface area contributed by atoms with Crippen molar-refractivity contribution < 1.29 is 4.74 Å². The molecule has 3 aromatic carbocycles. The number of fused-ring (bicyclic) bond motifs is 1.